The third-order valence-electron chi connectivity index (χ3n) is 4.77. The number of anilines is 2. The standard InChI is InChI=1S/C24H19N3O4S/c1-31-16-6-4-5-15(13-16)27-24(30)26-14-9-11-17(12-10-14)32-23-20(25)21(28)18-7-2-3-8-19(18)22(23)29/h2-13H,25H2,1H3,(H2,26,27,30). The number of rotatable bonds is 5. The third-order valence-corrected chi connectivity index (χ3v) is 5.89. The van der Waals surface area contributed by atoms with Crippen LogP contribution in [0.5, 0.6) is 5.75 Å². The van der Waals surface area contributed by atoms with Crippen LogP contribution in [0.3, 0.4) is 0 Å². The van der Waals surface area contributed by atoms with E-state index in [1.165, 1.54) is 0 Å². The molecule has 1 aliphatic rings. The molecule has 0 saturated carbocycles. The van der Waals surface area contributed by atoms with Gasteiger partial charge in [0, 0.05) is 33.5 Å². The predicted molar refractivity (Wildman–Crippen MR) is 124 cm³/mol. The molecule has 7 nitrogen and oxygen atoms in total. The highest BCUT2D eigenvalue weighted by molar-refractivity contribution is 8.04. The summed E-state index contributed by atoms with van der Waals surface area (Å²) in [5, 5.41) is 5.47. The van der Waals surface area contributed by atoms with Gasteiger partial charge in [-0.3, -0.25) is 9.59 Å². The Morgan fingerprint density at radius 3 is 2.19 bits per heavy atom. The molecular formula is C24H19N3O4S. The van der Waals surface area contributed by atoms with Crippen LogP contribution in [0.2, 0.25) is 0 Å². The second-order valence-electron chi connectivity index (χ2n) is 6.88. The van der Waals surface area contributed by atoms with E-state index in [1.54, 1.807) is 79.9 Å². The fraction of sp³-hybridized carbons (Fsp3) is 0.0417. The molecule has 0 spiro atoms. The van der Waals surface area contributed by atoms with Crippen LogP contribution in [-0.4, -0.2) is 24.7 Å². The molecular weight excluding hydrogens is 426 g/mol. The van der Waals surface area contributed by atoms with Crippen molar-refractivity contribution in [1.82, 2.24) is 0 Å². The van der Waals surface area contributed by atoms with E-state index in [1.807, 2.05) is 0 Å². The Morgan fingerprint density at radius 1 is 0.844 bits per heavy atom. The molecule has 1 aliphatic carbocycles. The molecule has 32 heavy (non-hydrogen) atoms. The number of nitrogens with two attached hydrogens (primary N) is 1. The highest BCUT2D eigenvalue weighted by Gasteiger charge is 2.31. The molecule has 0 aliphatic heterocycles. The number of ketones is 2. The number of hydrogen-bond acceptors (Lipinski definition) is 6. The van der Waals surface area contributed by atoms with E-state index in [-0.39, 0.29) is 22.2 Å². The predicted octanol–water partition coefficient (Wildman–Crippen LogP) is 4.68. The van der Waals surface area contributed by atoms with Crippen LogP contribution in [0.4, 0.5) is 16.2 Å². The van der Waals surface area contributed by atoms with E-state index < -0.39 is 6.03 Å². The van der Waals surface area contributed by atoms with Gasteiger partial charge in [-0.15, -0.1) is 0 Å². The number of allylic oxidation sites excluding steroid dienone is 2. The van der Waals surface area contributed by atoms with Crippen molar-refractivity contribution >= 4 is 40.7 Å². The summed E-state index contributed by atoms with van der Waals surface area (Å²) >= 11 is 1.12. The average molecular weight is 446 g/mol. The zero-order valence-corrected chi connectivity index (χ0v) is 17.9. The van der Waals surface area contributed by atoms with Gasteiger partial charge in [-0.1, -0.05) is 42.1 Å². The van der Waals surface area contributed by atoms with Gasteiger partial charge >= 0.3 is 6.03 Å². The summed E-state index contributed by atoms with van der Waals surface area (Å²) in [6.07, 6.45) is 0. The Bertz CT molecular complexity index is 1250. The van der Waals surface area contributed by atoms with Crippen molar-refractivity contribution in [2.24, 2.45) is 5.73 Å². The smallest absolute Gasteiger partial charge is 0.323 e. The summed E-state index contributed by atoms with van der Waals surface area (Å²) in [5.41, 5.74) is 7.75. The minimum absolute atomic E-state index is 0.0569. The van der Waals surface area contributed by atoms with Crippen molar-refractivity contribution in [3.8, 4) is 5.75 Å². The first-order chi connectivity index (χ1) is 15.5. The number of carbonyl (C=O) groups is 3. The lowest BCUT2D eigenvalue weighted by Gasteiger charge is -2.18. The Labute approximate surface area is 188 Å². The fourth-order valence-corrected chi connectivity index (χ4v) is 4.10. The molecule has 0 unspecified atom stereocenters. The molecule has 0 bridgehead atoms. The van der Waals surface area contributed by atoms with E-state index in [9.17, 15) is 14.4 Å². The topological polar surface area (TPSA) is 111 Å². The summed E-state index contributed by atoms with van der Waals surface area (Å²) in [7, 11) is 1.55. The molecule has 0 atom stereocenters. The Hall–Kier alpha value is -4.04. The molecule has 3 aromatic rings. The van der Waals surface area contributed by atoms with Crippen LogP contribution in [0.1, 0.15) is 20.7 Å². The Morgan fingerprint density at radius 2 is 1.50 bits per heavy atom. The summed E-state index contributed by atoms with van der Waals surface area (Å²) in [6, 6.07) is 20.1. The monoisotopic (exact) mass is 445 g/mol. The second-order valence-corrected chi connectivity index (χ2v) is 7.97. The number of benzene rings is 3. The van der Waals surface area contributed by atoms with E-state index in [0.29, 0.717) is 33.1 Å². The van der Waals surface area contributed by atoms with Crippen molar-refractivity contribution in [1.29, 1.82) is 0 Å². The first kappa shape index (κ1) is 21.2. The Balaban J connectivity index is 1.44. The minimum Gasteiger partial charge on any atom is -0.497 e. The number of fused-ring (bicyclic) bond motifs is 1. The number of urea groups is 1. The summed E-state index contributed by atoms with van der Waals surface area (Å²) in [6.45, 7) is 0. The largest absolute Gasteiger partial charge is 0.497 e. The molecule has 0 radical (unpaired) electrons. The van der Waals surface area contributed by atoms with Crippen molar-refractivity contribution in [3.63, 3.8) is 0 Å². The zero-order chi connectivity index (χ0) is 22.7. The molecule has 4 rings (SSSR count). The highest BCUT2D eigenvalue weighted by Crippen LogP contribution is 2.35. The van der Waals surface area contributed by atoms with Crippen molar-refractivity contribution in [2.75, 3.05) is 17.7 Å². The fourth-order valence-electron chi connectivity index (χ4n) is 3.19. The normalized spacial score (nSPS) is 12.9. The second kappa shape index (κ2) is 8.99. The molecule has 0 heterocycles. The molecule has 2 amide bonds. The molecule has 3 aromatic carbocycles. The maximum atomic E-state index is 12.8. The van der Waals surface area contributed by atoms with Crippen LogP contribution in [0, 0.1) is 0 Å². The van der Waals surface area contributed by atoms with Crippen LogP contribution in [0.15, 0.2) is 88.3 Å². The molecule has 4 N–H and O–H groups in total. The SMILES string of the molecule is COc1cccc(NC(=O)Nc2ccc(SC3=C(N)C(=O)c4ccccc4C3=O)cc2)c1. The first-order valence-corrected chi connectivity index (χ1v) is 10.5. The van der Waals surface area contributed by atoms with Crippen LogP contribution >= 0.6 is 11.8 Å². The van der Waals surface area contributed by atoms with Gasteiger partial charge in [0.2, 0.25) is 11.6 Å². The molecule has 0 aromatic heterocycles. The van der Waals surface area contributed by atoms with Crippen LogP contribution < -0.4 is 21.1 Å². The number of methoxy groups -OCH3 is 1. The van der Waals surface area contributed by atoms with Gasteiger partial charge in [-0.25, -0.2) is 4.79 Å². The number of Topliss-reactive ketones (excluding diaryl/α,β-unsaturated/α-hetero) is 2. The summed E-state index contributed by atoms with van der Waals surface area (Å²) < 4.78 is 5.14. The van der Waals surface area contributed by atoms with Crippen LogP contribution in [-0.2, 0) is 0 Å². The first-order valence-electron chi connectivity index (χ1n) is 9.64. The van der Waals surface area contributed by atoms with Gasteiger partial charge in [-0.2, -0.15) is 0 Å². The van der Waals surface area contributed by atoms with Gasteiger partial charge < -0.3 is 21.1 Å². The van der Waals surface area contributed by atoms with E-state index >= 15 is 0 Å². The van der Waals surface area contributed by atoms with Crippen molar-refractivity contribution < 1.29 is 19.1 Å². The van der Waals surface area contributed by atoms with E-state index in [2.05, 4.69) is 10.6 Å². The number of hydrogen-bond donors (Lipinski definition) is 3. The van der Waals surface area contributed by atoms with Gasteiger partial charge in [0.25, 0.3) is 0 Å². The quantitative estimate of drug-likeness (QED) is 0.526. The van der Waals surface area contributed by atoms with E-state index in [0.717, 1.165) is 11.8 Å². The van der Waals surface area contributed by atoms with Crippen molar-refractivity contribution in [2.45, 2.75) is 4.90 Å². The van der Waals surface area contributed by atoms with Crippen molar-refractivity contribution in [3.05, 3.63) is 94.5 Å². The Kier molecular flexibility index (Phi) is 5.96. The van der Waals surface area contributed by atoms with Gasteiger partial charge in [-0.05, 0) is 36.4 Å². The maximum absolute atomic E-state index is 12.8. The molecule has 0 saturated heterocycles. The average Bonchev–Trinajstić information content (AvgIpc) is 2.81. The molecule has 0 fully saturated rings. The molecule has 8 heteroatoms. The highest BCUT2D eigenvalue weighted by atomic mass is 32.2. The van der Waals surface area contributed by atoms with Gasteiger partial charge in [0.15, 0.2) is 0 Å². The maximum Gasteiger partial charge on any atom is 0.323 e. The number of carbonyl (C=O) groups excluding carboxylic acids is 3. The number of thioether (sulfide) groups is 1. The lowest BCUT2D eigenvalue weighted by Crippen LogP contribution is -2.25. The zero-order valence-electron chi connectivity index (χ0n) is 17.0. The minimum atomic E-state index is -0.407. The summed E-state index contributed by atoms with van der Waals surface area (Å²) in [5.74, 6) is 0.00823. The number of amides is 2. The summed E-state index contributed by atoms with van der Waals surface area (Å²) in [4.78, 5) is 38.5. The van der Waals surface area contributed by atoms with Gasteiger partial charge in [0.1, 0.15) is 5.75 Å². The van der Waals surface area contributed by atoms with E-state index in [4.69, 9.17) is 10.5 Å². The molecule has 160 valence electrons. The lowest BCUT2D eigenvalue weighted by molar-refractivity contribution is 0.0980. The van der Waals surface area contributed by atoms with Crippen LogP contribution in [0.25, 0.3) is 0 Å². The number of ether oxygens (including phenoxy) is 1. The third kappa shape index (κ3) is 4.35. The van der Waals surface area contributed by atoms with Gasteiger partial charge in [0.05, 0.1) is 17.7 Å². The number of nitrogens with one attached hydrogen (secondary N) is 2. The lowest BCUT2D eigenvalue weighted by atomic mass is 9.93.